The number of carbonyl (C=O) groups excluding carboxylic acids is 3. The Balaban J connectivity index is 2.13. The quantitative estimate of drug-likeness (QED) is 0.487. The van der Waals surface area contributed by atoms with E-state index in [1.807, 2.05) is 0 Å². The van der Waals surface area contributed by atoms with Gasteiger partial charge in [0, 0.05) is 32.4 Å². The molecule has 20 heavy (non-hydrogen) atoms. The van der Waals surface area contributed by atoms with Gasteiger partial charge in [-0.25, -0.2) is 0 Å². The van der Waals surface area contributed by atoms with E-state index in [4.69, 9.17) is 5.11 Å². The lowest BCUT2D eigenvalue weighted by Gasteiger charge is -2.13. The van der Waals surface area contributed by atoms with Crippen molar-refractivity contribution in [3.8, 4) is 0 Å². The van der Waals surface area contributed by atoms with Gasteiger partial charge in [-0.2, -0.15) is 0 Å². The topological polar surface area (TPSA) is 104 Å². The van der Waals surface area contributed by atoms with Gasteiger partial charge in [-0.3, -0.25) is 24.1 Å². The summed E-state index contributed by atoms with van der Waals surface area (Å²) in [7, 11) is 0. The zero-order valence-corrected chi connectivity index (χ0v) is 11.6. The van der Waals surface area contributed by atoms with E-state index in [-0.39, 0.29) is 43.5 Å². The number of carbonyl (C=O) groups is 4. The number of imide groups is 1. The summed E-state index contributed by atoms with van der Waals surface area (Å²) in [5.74, 6) is -1.95. The first kappa shape index (κ1) is 16.1. The molecular formula is C13H20N2O5. The first-order valence-electron chi connectivity index (χ1n) is 6.74. The van der Waals surface area contributed by atoms with Crippen LogP contribution in [-0.2, 0) is 19.2 Å². The van der Waals surface area contributed by atoms with Crippen LogP contribution in [0.15, 0.2) is 0 Å². The van der Waals surface area contributed by atoms with Gasteiger partial charge in [0.25, 0.3) is 0 Å². The smallest absolute Gasteiger partial charge is 0.306 e. The van der Waals surface area contributed by atoms with Gasteiger partial charge in [-0.05, 0) is 12.8 Å². The number of amides is 3. The van der Waals surface area contributed by atoms with E-state index in [1.165, 1.54) is 0 Å². The number of carboxylic acids is 1. The number of hydrogen-bond acceptors (Lipinski definition) is 4. The van der Waals surface area contributed by atoms with Crippen LogP contribution in [-0.4, -0.2) is 46.8 Å². The molecule has 1 heterocycles. The molecule has 0 aromatic rings. The molecule has 112 valence electrons. The van der Waals surface area contributed by atoms with Crippen molar-refractivity contribution in [1.82, 2.24) is 10.2 Å². The summed E-state index contributed by atoms with van der Waals surface area (Å²) < 4.78 is 0. The van der Waals surface area contributed by atoms with Gasteiger partial charge < -0.3 is 10.4 Å². The molecule has 0 radical (unpaired) electrons. The van der Waals surface area contributed by atoms with E-state index in [0.717, 1.165) is 4.90 Å². The van der Waals surface area contributed by atoms with Crippen molar-refractivity contribution < 1.29 is 24.3 Å². The SMILES string of the molecule is CC(CCCNC(=O)CCN1C(=O)CCC1=O)C(=O)O. The molecule has 0 bridgehead atoms. The number of aliphatic carboxylic acids is 1. The molecule has 1 fully saturated rings. The average molecular weight is 284 g/mol. The minimum Gasteiger partial charge on any atom is -0.481 e. The zero-order valence-electron chi connectivity index (χ0n) is 11.6. The fraction of sp³-hybridized carbons (Fsp3) is 0.692. The normalized spacial score (nSPS) is 16.4. The number of nitrogens with one attached hydrogen (secondary N) is 1. The Kier molecular flexibility index (Phi) is 6.14. The fourth-order valence-electron chi connectivity index (χ4n) is 1.93. The zero-order chi connectivity index (χ0) is 15.1. The van der Waals surface area contributed by atoms with Crippen molar-refractivity contribution >= 4 is 23.7 Å². The maximum atomic E-state index is 11.5. The van der Waals surface area contributed by atoms with Crippen LogP contribution >= 0.6 is 0 Å². The van der Waals surface area contributed by atoms with Crippen LogP contribution in [0, 0.1) is 5.92 Å². The third-order valence-electron chi connectivity index (χ3n) is 3.27. The Labute approximate surface area is 117 Å². The Bertz CT molecular complexity index is 392. The Hall–Kier alpha value is -1.92. The van der Waals surface area contributed by atoms with Gasteiger partial charge in [0.05, 0.1) is 5.92 Å². The molecule has 3 amide bonds. The van der Waals surface area contributed by atoms with Gasteiger partial charge in [0.15, 0.2) is 0 Å². The predicted octanol–water partition coefficient (Wildman–Crippen LogP) is 0.143. The van der Waals surface area contributed by atoms with E-state index in [2.05, 4.69) is 5.32 Å². The van der Waals surface area contributed by atoms with Gasteiger partial charge >= 0.3 is 5.97 Å². The predicted molar refractivity (Wildman–Crippen MR) is 69.6 cm³/mol. The average Bonchev–Trinajstić information content (AvgIpc) is 2.71. The van der Waals surface area contributed by atoms with Crippen molar-refractivity contribution in [3.63, 3.8) is 0 Å². The first-order valence-corrected chi connectivity index (χ1v) is 6.74. The highest BCUT2D eigenvalue weighted by Gasteiger charge is 2.28. The van der Waals surface area contributed by atoms with Gasteiger partial charge in [-0.1, -0.05) is 6.92 Å². The number of rotatable bonds is 8. The number of carboxylic acid groups (broad SMARTS) is 1. The van der Waals surface area contributed by atoms with E-state index in [0.29, 0.717) is 19.4 Å². The molecule has 1 atom stereocenters. The molecule has 2 N–H and O–H groups in total. The molecule has 1 unspecified atom stereocenters. The molecule has 0 spiro atoms. The van der Waals surface area contributed by atoms with E-state index < -0.39 is 11.9 Å². The molecule has 0 aromatic heterocycles. The lowest BCUT2D eigenvalue weighted by atomic mass is 10.1. The second-order valence-electron chi connectivity index (χ2n) is 4.92. The van der Waals surface area contributed by atoms with Gasteiger partial charge in [-0.15, -0.1) is 0 Å². The number of likely N-dealkylation sites (tertiary alicyclic amines) is 1. The van der Waals surface area contributed by atoms with E-state index in [1.54, 1.807) is 6.92 Å². The van der Waals surface area contributed by atoms with Crippen molar-refractivity contribution in [2.24, 2.45) is 5.92 Å². The minimum absolute atomic E-state index is 0.0893. The lowest BCUT2D eigenvalue weighted by molar-refractivity contribution is -0.141. The maximum Gasteiger partial charge on any atom is 0.306 e. The molecule has 7 nitrogen and oxygen atoms in total. The summed E-state index contributed by atoms with van der Waals surface area (Å²) in [5.41, 5.74) is 0. The fourth-order valence-corrected chi connectivity index (χ4v) is 1.93. The molecule has 1 aliphatic heterocycles. The lowest BCUT2D eigenvalue weighted by Crippen LogP contribution is -2.34. The van der Waals surface area contributed by atoms with Crippen LogP contribution in [0.3, 0.4) is 0 Å². The molecule has 0 aromatic carbocycles. The van der Waals surface area contributed by atoms with E-state index >= 15 is 0 Å². The van der Waals surface area contributed by atoms with Gasteiger partial charge in [0.1, 0.15) is 0 Å². The van der Waals surface area contributed by atoms with Crippen LogP contribution in [0.25, 0.3) is 0 Å². The van der Waals surface area contributed by atoms with Crippen LogP contribution < -0.4 is 5.32 Å². The molecular weight excluding hydrogens is 264 g/mol. The molecule has 1 rings (SSSR count). The Morgan fingerprint density at radius 3 is 2.45 bits per heavy atom. The largest absolute Gasteiger partial charge is 0.481 e. The number of hydrogen-bond donors (Lipinski definition) is 2. The highest BCUT2D eigenvalue weighted by molar-refractivity contribution is 6.02. The summed E-state index contributed by atoms with van der Waals surface area (Å²) in [6, 6.07) is 0. The van der Waals surface area contributed by atoms with Crippen LogP contribution in [0.5, 0.6) is 0 Å². The van der Waals surface area contributed by atoms with Gasteiger partial charge in [0.2, 0.25) is 17.7 Å². The third-order valence-corrected chi connectivity index (χ3v) is 3.27. The molecule has 7 heteroatoms. The second kappa shape index (κ2) is 7.62. The summed E-state index contributed by atoms with van der Waals surface area (Å²) >= 11 is 0. The number of nitrogens with zero attached hydrogens (tertiary/aromatic N) is 1. The van der Waals surface area contributed by atoms with Crippen LogP contribution in [0.2, 0.25) is 0 Å². The minimum atomic E-state index is -0.845. The summed E-state index contributed by atoms with van der Waals surface area (Å²) in [4.78, 5) is 45.8. The second-order valence-corrected chi connectivity index (χ2v) is 4.92. The first-order chi connectivity index (χ1) is 9.41. The van der Waals surface area contributed by atoms with Crippen LogP contribution in [0.4, 0.5) is 0 Å². The maximum absolute atomic E-state index is 11.5. The summed E-state index contributed by atoms with van der Waals surface area (Å²) in [6.45, 7) is 2.14. The monoisotopic (exact) mass is 284 g/mol. The van der Waals surface area contributed by atoms with Crippen molar-refractivity contribution in [3.05, 3.63) is 0 Å². The van der Waals surface area contributed by atoms with Crippen molar-refractivity contribution in [2.75, 3.05) is 13.1 Å². The van der Waals surface area contributed by atoms with Crippen molar-refractivity contribution in [2.45, 2.75) is 39.0 Å². The standard InChI is InChI=1S/C13H20N2O5/c1-9(13(19)20)3-2-7-14-10(16)6-8-15-11(17)4-5-12(15)18/h9H,2-8H2,1H3,(H,14,16)(H,19,20). The highest BCUT2D eigenvalue weighted by atomic mass is 16.4. The summed E-state index contributed by atoms with van der Waals surface area (Å²) in [6.07, 6.45) is 1.63. The molecule has 1 aliphatic rings. The third kappa shape index (κ3) is 4.99. The summed E-state index contributed by atoms with van der Waals surface area (Å²) in [5, 5.41) is 11.3. The molecule has 1 saturated heterocycles. The molecule has 0 saturated carbocycles. The van der Waals surface area contributed by atoms with Crippen molar-refractivity contribution in [1.29, 1.82) is 0 Å². The van der Waals surface area contributed by atoms with E-state index in [9.17, 15) is 19.2 Å². The molecule has 0 aliphatic carbocycles. The highest BCUT2D eigenvalue weighted by Crippen LogP contribution is 2.11. The Morgan fingerprint density at radius 1 is 1.30 bits per heavy atom. The Morgan fingerprint density at radius 2 is 1.90 bits per heavy atom. The van der Waals surface area contributed by atoms with Crippen LogP contribution in [0.1, 0.15) is 39.0 Å².